The standard InChI is InChI=1S/C9H12BrClS/c1-3-6(2)9(11)7-4-5-8(10)12-7/h4-6,9H,3H2,1-2H3. The van der Waals surface area contributed by atoms with E-state index in [-0.39, 0.29) is 5.38 Å². The van der Waals surface area contributed by atoms with Gasteiger partial charge in [0.15, 0.2) is 0 Å². The fourth-order valence-electron chi connectivity index (χ4n) is 0.964. The lowest BCUT2D eigenvalue weighted by atomic mass is 10.0. The van der Waals surface area contributed by atoms with E-state index in [0.717, 1.165) is 10.2 Å². The van der Waals surface area contributed by atoms with Crippen molar-refractivity contribution in [1.29, 1.82) is 0 Å². The molecule has 1 aromatic rings. The van der Waals surface area contributed by atoms with Gasteiger partial charge in [-0.1, -0.05) is 20.3 Å². The minimum atomic E-state index is 0.172. The molecule has 1 heterocycles. The van der Waals surface area contributed by atoms with Crippen LogP contribution in [0.15, 0.2) is 15.9 Å². The van der Waals surface area contributed by atoms with Crippen molar-refractivity contribution in [3.63, 3.8) is 0 Å². The van der Waals surface area contributed by atoms with E-state index in [1.165, 1.54) is 4.88 Å². The number of thiophene rings is 1. The highest BCUT2D eigenvalue weighted by Crippen LogP contribution is 2.36. The van der Waals surface area contributed by atoms with Crippen molar-refractivity contribution >= 4 is 38.9 Å². The second-order valence-corrected chi connectivity index (χ2v) is 5.89. The minimum absolute atomic E-state index is 0.172. The van der Waals surface area contributed by atoms with Gasteiger partial charge < -0.3 is 0 Å². The number of halogens is 2. The lowest BCUT2D eigenvalue weighted by molar-refractivity contribution is 0.547. The van der Waals surface area contributed by atoms with E-state index in [9.17, 15) is 0 Å². The first kappa shape index (κ1) is 10.6. The monoisotopic (exact) mass is 266 g/mol. The topological polar surface area (TPSA) is 0 Å². The minimum Gasteiger partial charge on any atom is -0.132 e. The van der Waals surface area contributed by atoms with Gasteiger partial charge in [-0.25, -0.2) is 0 Å². The molecule has 0 aromatic carbocycles. The van der Waals surface area contributed by atoms with Crippen molar-refractivity contribution in [1.82, 2.24) is 0 Å². The first-order valence-corrected chi connectivity index (χ1v) is 6.09. The summed E-state index contributed by atoms with van der Waals surface area (Å²) in [7, 11) is 0. The SMILES string of the molecule is CCC(C)C(Cl)c1ccc(Br)s1. The summed E-state index contributed by atoms with van der Waals surface area (Å²) in [5.41, 5.74) is 0. The average molecular weight is 268 g/mol. The van der Waals surface area contributed by atoms with Crippen LogP contribution in [-0.2, 0) is 0 Å². The molecule has 3 heteroatoms. The van der Waals surface area contributed by atoms with Crippen molar-refractivity contribution in [3.8, 4) is 0 Å². The molecular weight excluding hydrogens is 256 g/mol. The molecule has 0 aliphatic heterocycles. The maximum Gasteiger partial charge on any atom is 0.0704 e. The Kier molecular flexibility index (Phi) is 4.08. The van der Waals surface area contributed by atoms with E-state index in [1.54, 1.807) is 11.3 Å². The molecule has 0 N–H and O–H groups in total. The van der Waals surface area contributed by atoms with Gasteiger partial charge in [-0.2, -0.15) is 0 Å². The summed E-state index contributed by atoms with van der Waals surface area (Å²) >= 11 is 11.4. The summed E-state index contributed by atoms with van der Waals surface area (Å²) < 4.78 is 1.16. The Bertz CT molecular complexity index is 246. The van der Waals surface area contributed by atoms with Crippen LogP contribution in [0, 0.1) is 5.92 Å². The van der Waals surface area contributed by atoms with Gasteiger partial charge in [0.2, 0.25) is 0 Å². The van der Waals surface area contributed by atoms with Gasteiger partial charge in [0, 0.05) is 4.88 Å². The zero-order chi connectivity index (χ0) is 9.14. The van der Waals surface area contributed by atoms with Crippen LogP contribution >= 0.6 is 38.9 Å². The summed E-state index contributed by atoms with van der Waals surface area (Å²) in [6.07, 6.45) is 1.13. The molecule has 0 saturated heterocycles. The highest BCUT2D eigenvalue weighted by atomic mass is 79.9. The molecule has 0 aliphatic carbocycles. The molecule has 2 atom stereocenters. The molecule has 0 fully saturated rings. The Morgan fingerprint density at radius 1 is 1.58 bits per heavy atom. The Labute approximate surface area is 91.1 Å². The van der Waals surface area contributed by atoms with Crippen molar-refractivity contribution in [2.45, 2.75) is 25.6 Å². The maximum atomic E-state index is 6.26. The maximum absolute atomic E-state index is 6.26. The number of rotatable bonds is 3. The Morgan fingerprint density at radius 3 is 2.67 bits per heavy atom. The molecule has 0 spiro atoms. The Morgan fingerprint density at radius 2 is 2.25 bits per heavy atom. The van der Waals surface area contributed by atoms with Crippen molar-refractivity contribution in [2.75, 3.05) is 0 Å². The molecule has 0 aliphatic rings. The summed E-state index contributed by atoms with van der Waals surface area (Å²) in [5, 5.41) is 0.172. The third kappa shape index (κ3) is 2.48. The second kappa shape index (κ2) is 4.64. The molecule has 12 heavy (non-hydrogen) atoms. The fourth-order valence-corrected chi connectivity index (χ4v) is 2.88. The highest BCUT2D eigenvalue weighted by molar-refractivity contribution is 9.11. The molecule has 0 nitrogen and oxygen atoms in total. The molecule has 2 unspecified atom stereocenters. The summed E-state index contributed by atoms with van der Waals surface area (Å²) in [5.74, 6) is 0.553. The van der Waals surface area contributed by atoms with Crippen LogP contribution in [0.2, 0.25) is 0 Å². The quantitative estimate of drug-likeness (QED) is 0.688. The average Bonchev–Trinajstić information content (AvgIpc) is 2.49. The van der Waals surface area contributed by atoms with Gasteiger partial charge in [-0.05, 0) is 34.0 Å². The lowest BCUT2D eigenvalue weighted by Crippen LogP contribution is -1.99. The van der Waals surface area contributed by atoms with Crippen LogP contribution in [0.5, 0.6) is 0 Å². The third-order valence-electron chi connectivity index (χ3n) is 2.01. The van der Waals surface area contributed by atoms with E-state index in [4.69, 9.17) is 11.6 Å². The van der Waals surface area contributed by atoms with E-state index in [1.807, 2.05) is 0 Å². The first-order valence-electron chi connectivity index (χ1n) is 4.04. The predicted octanol–water partition coefficient (Wildman–Crippen LogP) is 4.84. The van der Waals surface area contributed by atoms with E-state index < -0.39 is 0 Å². The molecule has 68 valence electrons. The highest BCUT2D eigenvalue weighted by Gasteiger charge is 2.16. The summed E-state index contributed by atoms with van der Waals surface area (Å²) in [4.78, 5) is 1.26. The van der Waals surface area contributed by atoms with E-state index in [0.29, 0.717) is 5.92 Å². The van der Waals surface area contributed by atoms with Gasteiger partial charge in [-0.15, -0.1) is 22.9 Å². The predicted molar refractivity (Wildman–Crippen MR) is 60.1 cm³/mol. The zero-order valence-electron chi connectivity index (χ0n) is 7.18. The number of alkyl halides is 1. The third-order valence-corrected chi connectivity index (χ3v) is 4.51. The van der Waals surface area contributed by atoms with Gasteiger partial charge in [0.1, 0.15) is 0 Å². The molecule has 1 aromatic heterocycles. The first-order chi connectivity index (χ1) is 5.65. The second-order valence-electron chi connectivity index (χ2n) is 2.93. The van der Waals surface area contributed by atoms with Crippen LogP contribution in [-0.4, -0.2) is 0 Å². The normalized spacial score (nSPS) is 16.0. The van der Waals surface area contributed by atoms with Crippen molar-refractivity contribution in [3.05, 3.63) is 20.8 Å². The van der Waals surface area contributed by atoms with Gasteiger partial charge in [0.05, 0.1) is 9.16 Å². The molecular formula is C9H12BrClS. The van der Waals surface area contributed by atoms with E-state index >= 15 is 0 Å². The molecule has 0 radical (unpaired) electrons. The number of hydrogen-bond donors (Lipinski definition) is 0. The van der Waals surface area contributed by atoms with Crippen molar-refractivity contribution < 1.29 is 0 Å². The van der Waals surface area contributed by atoms with Gasteiger partial charge >= 0.3 is 0 Å². The molecule has 0 bridgehead atoms. The van der Waals surface area contributed by atoms with Crippen LogP contribution < -0.4 is 0 Å². The van der Waals surface area contributed by atoms with Gasteiger partial charge in [0.25, 0.3) is 0 Å². The number of hydrogen-bond acceptors (Lipinski definition) is 1. The van der Waals surface area contributed by atoms with Gasteiger partial charge in [-0.3, -0.25) is 0 Å². The summed E-state index contributed by atoms with van der Waals surface area (Å²) in [6.45, 7) is 4.36. The zero-order valence-corrected chi connectivity index (χ0v) is 10.3. The fraction of sp³-hybridized carbons (Fsp3) is 0.556. The van der Waals surface area contributed by atoms with Crippen molar-refractivity contribution in [2.24, 2.45) is 5.92 Å². The Hall–Kier alpha value is 0.470. The van der Waals surface area contributed by atoms with Crippen LogP contribution in [0.1, 0.15) is 30.5 Å². The molecule has 0 amide bonds. The Balaban J connectivity index is 2.70. The smallest absolute Gasteiger partial charge is 0.0704 e. The largest absolute Gasteiger partial charge is 0.132 e. The summed E-state index contributed by atoms with van der Waals surface area (Å²) in [6, 6.07) is 4.15. The lowest BCUT2D eigenvalue weighted by Gasteiger charge is -2.13. The van der Waals surface area contributed by atoms with E-state index in [2.05, 4.69) is 41.9 Å². The van der Waals surface area contributed by atoms with Crippen LogP contribution in [0.4, 0.5) is 0 Å². The van der Waals surface area contributed by atoms with Crippen LogP contribution in [0.25, 0.3) is 0 Å². The molecule has 0 saturated carbocycles. The van der Waals surface area contributed by atoms with Crippen LogP contribution in [0.3, 0.4) is 0 Å². The molecule has 1 rings (SSSR count).